The molecule has 4 heterocycles. The van der Waals surface area contributed by atoms with E-state index in [0.29, 0.717) is 17.8 Å². The highest BCUT2D eigenvalue weighted by Gasteiger charge is 2.33. The molecular formula is C14H21N7O. The number of hydrogen-bond donors (Lipinski definition) is 2. The Kier molecular flexibility index (Phi) is 3.16. The van der Waals surface area contributed by atoms with Gasteiger partial charge in [0.2, 0.25) is 5.95 Å². The number of aliphatic hydroxyl groups is 1. The van der Waals surface area contributed by atoms with Crippen molar-refractivity contribution in [1.82, 2.24) is 24.6 Å². The van der Waals surface area contributed by atoms with Gasteiger partial charge in [-0.1, -0.05) is 0 Å². The fraction of sp³-hybridized carbons (Fsp3) is 0.643. The number of aromatic nitrogens is 4. The first-order valence-electron chi connectivity index (χ1n) is 7.74. The molecule has 2 aromatic heterocycles. The van der Waals surface area contributed by atoms with Gasteiger partial charge in [0, 0.05) is 39.3 Å². The molecule has 0 atom stereocenters. The van der Waals surface area contributed by atoms with Gasteiger partial charge in [-0.15, -0.1) is 0 Å². The molecule has 0 radical (unpaired) electrons. The highest BCUT2D eigenvalue weighted by atomic mass is 16.3. The maximum atomic E-state index is 9.42. The zero-order valence-electron chi connectivity index (χ0n) is 12.7. The molecule has 2 fully saturated rings. The molecule has 2 aromatic rings. The Labute approximate surface area is 128 Å². The maximum absolute atomic E-state index is 9.42. The summed E-state index contributed by atoms with van der Waals surface area (Å²) in [6, 6.07) is 0.567. The van der Waals surface area contributed by atoms with Gasteiger partial charge in [-0.3, -0.25) is 9.58 Å². The van der Waals surface area contributed by atoms with Crippen LogP contribution in [-0.2, 0) is 7.05 Å². The Hall–Kier alpha value is -1.93. The van der Waals surface area contributed by atoms with Crippen molar-refractivity contribution in [1.29, 1.82) is 0 Å². The monoisotopic (exact) mass is 303 g/mol. The highest BCUT2D eigenvalue weighted by Crippen LogP contribution is 2.26. The molecule has 2 aliphatic rings. The van der Waals surface area contributed by atoms with Gasteiger partial charge in [0.15, 0.2) is 5.65 Å². The second-order valence-corrected chi connectivity index (χ2v) is 6.24. The summed E-state index contributed by atoms with van der Waals surface area (Å²) in [5.41, 5.74) is 6.80. The van der Waals surface area contributed by atoms with Gasteiger partial charge in [0.1, 0.15) is 5.82 Å². The van der Waals surface area contributed by atoms with Crippen LogP contribution in [0.2, 0.25) is 0 Å². The zero-order valence-corrected chi connectivity index (χ0v) is 12.7. The third kappa shape index (κ3) is 2.19. The van der Waals surface area contributed by atoms with Crippen LogP contribution in [0.25, 0.3) is 11.0 Å². The lowest BCUT2D eigenvalue weighted by molar-refractivity contribution is -0.0301. The predicted molar refractivity (Wildman–Crippen MR) is 83.5 cm³/mol. The summed E-state index contributed by atoms with van der Waals surface area (Å²) in [5.74, 6) is 1.18. The summed E-state index contributed by atoms with van der Waals surface area (Å²) >= 11 is 0. The average Bonchev–Trinajstić information content (AvgIpc) is 2.86. The van der Waals surface area contributed by atoms with E-state index in [1.807, 2.05) is 7.05 Å². The molecule has 0 unspecified atom stereocenters. The van der Waals surface area contributed by atoms with E-state index < -0.39 is 0 Å². The number of nitrogens with two attached hydrogens (primary N) is 1. The molecule has 2 aliphatic heterocycles. The van der Waals surface area contributed by atoms with E-state index >= 15 is 0 Å². The second-order valence-electron chi connectivity index (χ2n) is 6.24. The van der Waals surface area contributed by atoms with Gasteiger partial charge in [-0.05, 0) is 12.8 Å². The van der Waals surface area contributed by atoms with Crippen molar-refractivity contribution >= 4 is 22.8 Å². The molecule has 2 saturated heterocycles. The lowest BCUT2D eigenvalue weighted by Crippen LogP contribution is -2.57. The van der Waals surface area contributed by atoms with Gasteiger partial charge in [-0.25, -0.2) is 0 Å². The Morgan fingerprint density at radius 1 is 1.23 bits per heavy atom. The van der Waals surface area contributed by atoms with Crippen LogP contribution in [0.1, 0.15) is 12.8 Å². The fourth-order valence-electron chi connectivity index (χ4n) is 3.39. The first kappa shape index (κ1) is 13.7. The third-order valence-electron chi connectivity index (χ3n) is 4.76. The molecular weight excluding hydrogens is 282 g/mol. The van der Waals surface area contributed by atoms with Crippen LogP contribution >= 0.6 is 0 Å². The predicted octanol–water partition coefficient (Wildman–Crippen LogP) is -0.409. The van der Waals surface area contributed by atoms with Gasteiger partial charge in [0.05, 0.1) is 17.7 Å². The minimum atomic E-state index is -0.131. The molecule has 3 N–H and O–H groups in total. The number of rotatable bonds is 2. The number of aliphatic hydroxyl groups excluding tert-OH is 1. The third-order valence-corrected chi connectivity index (χ3v) is 4.76. The number of piperidine rings is 1. The van der Waals surface area contributed by atoms with E-state index in [0.717, 1.165) is 50.1 Å². The number of anilines is 2. The zero-order chi connectivity index (χ0) is 15.3. The van der Waals surface area contributed by atoms with E-state index in [2.05, 4.69) is 24.9 Å². The average molecular weight is 303 g/mol. The molecule has 4 rings (SSSR count). The summed E-state index contributed by atoms with van der Waals surface area (Å²) < 4.78 is 1.73. The van der Waals surface area contributed by atoms with Crippen LogP contribution in [0.15, 0.2) is 6.20 Å². The van der Waals surface area contributed by atoms with Crippen molar-refractivity contribution in [3.8, 4) is 0 Å². The lowest BCUT2D eigenvalue weighted by Gasteiger charge is -2.45. The number of likely N-dealkylation sites (tertiary alicyclic amines) is 1. The van der Waals surface area contributed by atoms with Crippen LogP contribution in [0.5, 0.6) is 0 Å². The van der Waals surface area contributed by atoms with Gasteiger partial charge < -0.3 is 15.7 Å². The van der Waals surface area contributed by atoms with Crippen molar-refractivity contribution in [2.75, 3.05) is 36.8 Å². The van der Waals surface area contributed by atoms with E-state index in [9.17, 15) is 5.11 Å². The Morgan fingerprint density at radius 3 is 2.64 bits per heavy atom. The minimum Gasteiger partial charge on any atom is -0.390 e. The number of nitrogens with zero attached hydrogens (tertiary/aromatic N) is 6. The highest BCUT2D eigenvalue weighted by molar-refractivity contribution is 5.86. The molecule has 8 heteroatoms. The van der Waals surface area contributed by atoms with Crippen LogP contribution < -0.4 is 10.6 Å². The second kappa shape index (κ2) is 5.06. The molecule has 0 amide bonds. The lowest BCUT2D eigenvalue weighted by atomic mass is 9.99. The SMILES string of the molecule is Cn1ncc2c(N)nc(N3CCC(N4CC(O)C4)CC3)nc21. The normalized spacial score (nSPS) is 21.5. The largest absolute Gasteiger partial charge is 0.390 e. The number of aryl methyl sites for hydroxylation is 1. The standard InChI is InChI=1S/C14H21N7O/c1-19-13-11(6-16-19)12(15)17-14(18-13)20-4-2-9(3-5-20)21-7-10(22)8-21/h6,9-10,22H,2-5,7-8H2,1H3,(H2,15,17,18). The van der Waals surface area contributed by atoms with E-state index in [-0.39, 0.29) is 6.10 Å². The molecule has 0 spiro atoms. The van der Waals surface area contributed by atoms with Gasteiger partial charge >= 0.3 is 0 Å². The summed E-state index contributed by atoms with van der Waals surface area (Å²) in [6.07, 6.45) is 3.71. The molecule has 0 aromatic carbocycles. The van der Waals surface area contributed by atoms with Gasteiger partial charge in [0.25, 0.3) is 0 Å². The topological polar surface area (TPSA) is 96.3 Å². The molecule has 8 nitrogen and oxygen atoms in total. The smallest absolute Gasteiger partial charge is 0.229 e. The van der Waals surface area contributed by atoms with Crippen molar-refractivity contribution in [3.63, 3.8) is 0 Å². The van der Waals surface area contributed by atoms with Crippen LogP contribution in [0.3, 0.4) is 0 Å². The maximum Gasteiger partial charge on any atom is 0.229 e. The summed E-state index contributed by atoms with van der Waals surface area (Å²) in [7, 11) is 1.86. The van der Waals surface area contributed by atoms with Crippen molar-refractivity contribution in [2.24, 2.45) is 7.05 Å². The first-order valence-corrected chi connectivity index (χ1v) is 7.74. The Morgan fingerprint density at radius 2 is 1.95 bits per heavy atom. The number of nitrogen functional groups attached to an aromatic ring is 1. The number of fused-ring (bicyclic) bond motifs is 1. The van der Waals surface area contributed by atoms with E-state index in [1.54, 1.807) is 10.9 Å². The van der Waals surface area contributed by atoms with E-state index in [4.69, 9.17) is 5.73 Å². The Bertz CT molecular complexity index is 686. The number of β-amino-alcohol motifs (C(OH)–C–C–N with tert-alkyl or cyclic N) is 1. The van der Waals surface area contributed by atoms with E-state index in [1.165, 1.54) is 0 Å². The molecule has 0 saturated carbocycles. The van der Waals surface area contributed by atoms with Crippen molar-refractivity contribution < 1.29 is 5.11 Å². The van der Waals surface area contributed by atoms with Gasteiger partial charge in [-0.2, -0.15) is 15.1 Å². The quantitative estimate of drug-likeness (QED) is 0.778. The first-order chi connectivity index (χ1) is 10.6. The minimum absolute atomic E-state index is 0.131. The molecule has 0 bridgehead atoms. The molecule has 22 heavy (non-hydrogen) atoms. The Balaban J connectivity index is 1.50. The van der Waals surface area contributed by atoms with Crippen LogP contribution in [0, 0.1) is 0 Å². The van der Waals surface area contributed by atoms with Crippen LogP contribution in [-0.4, -0.2) is 68.1 Å². The molecule has 0 aliphatic carbocycles. The fourth-order valence-corrected chi connectivity index (χ4v) is 3.39. The van der Waals surface area contributed by atoms with Crippen molar-refractivity contribution in [2.45, 2.75) is 25.0 Å². The number of hydrogen-bond acceptors (Lipinski definition) is 7. The summed E-state index contributed by atoms with van der Waals surface area (Å²) in [4.78, 5) is 13.6. The summed E-state index contributed by atoms with van der Waals surface area (Å²) in [5, 5.41) is 14.4. The van der Waals surface area contributed by atoms with Crippen molar-refractivity contribution in [3.05, 3.63) is 6.20 Å². The summed E-state index contributed by atoms with van der Waals surface area (Å²) in [6.45, 7) is 3.46. The van der Waals surface area contributed by atoms with Crippen LogP contribution in [0.4, 0.5) is 11.8 Å². The molecule has 118 valence electrons.